The molecule has 3 rings (SSSR count). The molecule has 0 aliphatic carbocycles. The Morgan fingerprint density at radius 3 is 2.77 bits per heavy atom. The Morgan fingerprint density at radius 1 is 1.35 bits per heavy atom. The summed E-state index contributed by atoms with van der Waals surface area (Å²) in [5.74, 6) is 1.94. The number of rotatable bonds is 7. The number of benzene rings is 1. The van der Waals surface area contributed by atoms with Crippen LogP contribution in [0.15, 0.2) is 36.9 Å². The van der Waals surface area contributed by atoms with E-state index >= 15 is 0 Å². The van der Waals surface area contributed by atoms with E-state index < -0.39 is 0 Å². The number of fused-ring (bicyclic) bond motifs is 1. The fraction of sp³-hybridized carbons (Fsp3) is 0.524. The number of para-hydroxylation sites is 2. The van der Waals surface area contributed by atoms with Crippen LogP contribution in [0, 0.1) is 11.8 Å². The minimum atomic E-state index is 0.121. The van der Waals surface area contributed by atoms with Gasteiger partial charge in [-0.15, -0.1) is 6.58 Å². The fourth-order valence-corrected chi connectivity index (χ4v) is 3.58. The summed E-state index contributed by atoms with van der Waals surface area (Å²) >= 11 is 0. The van der Waals surface area contributed by atoms with Crippen molar-refractivity contribution in [2.24, 2.45) is 11.8 Å². The van der Waals surface area contributed by atoms with E-state index in [0.29, 0.717) is 5.92 Å². The molecule has 140 valence electrons. The maximum absolute atomic E-state index is 12.4. The second-order valence-electron chi connectivity index (χ2n) is 7.53. The van der Waals surface area contributed by atoms with E-state index in [2.05, 4.69) is 41.3 Å². The summed E-state index contributed by atoms with van der Waals surface area (Å²) in [6, 6.07) is 8.21. The predicted molar refractivity (Wildman–Crippen MR) is 107 cm³/mol. The van der Waals surface area contributed by atoms with Gasteiger partial charge in [-0.1, -0.05) is 32.1 Å². The topological polar surface area (TPSA) is 50.2 Å². The number of imidazole rings is 1. The van der Waals surface area contributed by atoms with Gasteiger partial charge in [-0.2, -0.15) is 0 Å². The lowest BCUT2D eigenvalue weighted by atomic mass is 9.96. The average molecular weight is 354 g/mol. The van der Waals surface area contributed by atoms with E-state index in [4.69, 9.17) is 4.98 Å². The number of nitrogens with zero attached hydrogens (tertiary/aromatic N) is 3. The van der Waals surface area contributed by atoms with Gasteiger partial charge >= 0.3 is 0 Å². The van der Waals surface area contributed by atoms with Crippen molar-refractivity contribution >= 4 is 22.9 Å². The highest BCUT2D eigenvalue weighted by atomic mass is 16.1. The second-order valence-corrected chi connectivity index (χ2v) is 7.53. The Bertz CT molecular complexity index is 756. The number of anilines is 1. The minimum Gasteiger partial charge on any atom is -0.356 e. The maximum atomic E-state index is 12.4. The first-order valence-electron chi connectivity index (χ1n) is 9.69. The first kappa shape index (κ1) is 18.5. The molecule has 0 radical (unpaired) electrons. The Hall–Kier alpha value is -2.30. The molecule has 0 saturated carbocycles. The van der Waals surface area contributed by atoms with Crippen molar-refractivity contribution in [3.63, 3.8) is 0 Å². The zero-order valence-corrected chi connectivity index (χ0v) is 15.9. The molecule has 1 fully saturated rings. The van der Waals surface area contributed by atoms with Gasteiger partial charge in [-0.3, -0.25) is 4.79 Å². The molecule has 1 aromatic carbocycles. The van der Waals surface area contributed by atoms with Gasteiger partial charge in [0.25, 0.3) is 0 Å². The Kier molecular flexibility index (Phi) is 5.96. The van der Waals surface area contributed by atoms with Crippen LogP contribution < -0.4 is 10.2 Å². The lowest BCUT2D eigenvalue weighted by molar-refractivity contribution is -0.125. The molecule has 1 N–H and O–H groups in total. The van der Waals surface area contributed by atoms with Crippen LogP contribution >= 0.6 is 0 Å². The molecule has 5 nitrogen and oxygen atoms in total. The molecule has 0 unspecified atom stereocenters. The molecule has 0 atom stereocenters. The first-order chi connectivity index (χ1) is 12.6. The molecule has 2 heterocycles. The quantitative estimate of drug-likeness (QED) is 0.773. The molecular formula is C21H30N4O. The van der Waals surface area contributed by atoms with Crippen LogP contribution in [0.1, 0.15) is 33.1 Å². The molecule has 1 aliphatic rings. The van der Waals surface area contributed by atoms with Gasteiger partial charge < -0.3 is 14.8 Å². The van der Waals surface area contributed by atoms with Crippen molar-refractivity contribution in [2.75, 3.05) is 24.5 Å². The van der Waals surface area contributed by atoms with Crippen molar-refractivity contribution in [3.8, 4) is 0 Å². The van der Waals surface area contributed by atoms with Crippen LogP contribution in [0.5, 0.6) is 0 Å². The van der Waals surface area contributed by atoms with Gasteiger partial charge in [0.05, 0.1) is 11.0 Å². The summed E-state index contributed by atoms with van der Waals surface area (Å²) in [6.45, 7) is 11.5. The average Bonchev–Trinajstić information content (AvgIpc) is 3.00. The SMILES string of the molecule is C=CCn1c(N2CCC(C(=O)NCCC(C)C)CC2)nc2ccccc21. The predicted octanol–water partition coefficient (Wildman–Crippen LogP) is 3.60. The smallest absolute Gasteiger partial charge is 0.223 e. The van der Waals surface area contributed by atoms with Crippen LogP contribution in [-0.4, -0.2) is 35.1 Å². The Balaban J connectivity index is 1.65. The lowest BCUT2D eigenvalue weighted by Gasteiger charge is -2.32. The summed E-state index contributed by atoms with van der Waals surface area (Å²) in [5, 5.41) is 3.10. The van der Waals surface area contributed by atoms with Crippen LogP contribution in [0.3, 0.4) is 0 Å². The number of hydrogen-bond acceptors (Lipinski definition) is 3. The summed E-state index contributed by atoms with van der Waals surface area (Å²) in [5.41, 5.74) is 2.15. The standard InChI is InChI=1S/C21H30N4O/c1-4-13-25-19-8-6-5-7-18(19)23-21(25)24-14-10-17(11-15-24)20(26)22-12-9-16(2)3/h4-8,16-17H,1,9-15H2,2-3H3,(H,22,26). The van der Waals surface area contributed by atoms with E-state index in [9.17, 15) is 4.79 Å². The van der Waals surface area contributed by atoms with E-state index in [1.807, 2.05) is 24.3 Å². The van der Waals surface area contributed by atoms with Crippen LogP contribution in [0.25, 0.3) is 11.0 Å². The summed E-state index contributed by atoms with van der Waals surface area (Å²) in [6.07, 6.45) is 4.71. The number of hydrogen-bond donors (Lipinski definition) is 1. The molecule has 1 amide bonds. The van der Waals surface area contributed by atoms with Crippen molar-refractivity contribution in [1.82, 2.24) is 14.9 Å². The summed E-state index contributed by atoms with van der Waals surface area (Å²) < 4.78 is 2.21. The molecular weight excluding hydrogens is 324 g/mol. The number of amides is 1. The first-order valence-corrected chi connectivity index (χ1v) is 9.69. The number of allylic oxidation sites excluding steroid dienone is 1. The number of carbonyl (C=O) groups is 1. The molecule has 2 aromatic rings. The molecule has 26 heavy (non-hydrogen) atoms. The lowest BCUT2D eigenvalue weighted by Crippen LogP contribution is -2.41. The van der Waals surface area contributed by atoms with Crippen LogP contribution in [0.4, 0.5) is 5.95 Å². The van der Waals surface area contributed by atoms with Gasteiger partial charge in [0.1, 0.15) is 0 Å². The molecule has 1 aliphatic heterocycles. The number of piperidine rings is 1. The fourth-order valence-electron chi connectivity index (χ4n) is 3.58. The molecule has 1 aromatic heterocycles. The van der Waals surface area contributed by atoms with Crippen molar-refractivity contribution in [2.45, 2.75) is 39.7 Å². The van der Waals surface area contributed by atoms with Crippen molar-refractivity contribution < 1.29 is 4.79 Å². The third kappa shape index (κ3) is 4.09. The molecule has 0 bridgehead atoms. The van der Waals surface area contributed by atoms with Gasteiger partial charge in [0, 0.05) is 32.1 Å². The van der Waals surface area contributed by atoms with E-state index in [-0.39, 0.29) is 11.8 Å². The Labute approximate surface area is 156 Å². The monoisotopic (exact) mass is 354 g/mol. The van der Waals surface area contributed by atoms with Crippen molar-refractivity contribution in [3.05, 3.63) is 36.9 Å². The highest BCUT2D eigenvalue weighted by Crippen LogP contribution is 2.27. The van der Waals surface area contributed by atoms with Crippen LogP contribution in [0.2, 0.25) is 0 Å². The molecule has 0 spiro atoms. The molecule has 5 heteroatoms. The van der Waals surface area contributed by atoms with Gasteiger partial charge in [-0.05, 0) is 37.3 Å². The largest absolute Gasteiger partial charge is 0.356 e. The number of carbonyl (C=O) groups excluding carboxylic acids is 1. The molecule has 1 saturated heterocycles. The number of aromatic nitrogens is 2. The third-order valence-corrected chi connectivity index (χ3v) is 5.12. The van der Waals surface area contributed by atoms with Crippen LogP contribution in [-0.2, 0) is 11.3 Å². The van der Waals surface area contributed by atoms with E-state index in [1.54, 1.807) is 0 Å². The third-order valence-electron chi connectivity index (χ3n) is 5.12. The number of nitrogens with one attached hydrogen (secondary N) is 1. The van der Waals surface area contributed by atoms with Gasteiger partial charge in [0.15, 0.2) is 0 Å². The van der Waals surface area contributed by atoms with Gasteiger partial charge in [-0.25, -0.2) is 4.98 Å². The summed E-state index contributed by atoms with van der Waals surface area (Å²) in [4.78, 5) is 19.5. The normalized spacial score (nSPS) is 15.6. The zero-order chi connectivity index (χ0) is 18.5. The summed E-state index contributed by atoms with van der Waals surface area (Å²) in [7, 11) is 0. The highest BCUT2D eigenvalue weighted by molar-refractivity contribution is 5.80. The Morgan fingerprint density at radius 2 is 2.08 bits per heavy atom. The van der Waals surface area contributed by atoms with Crippen molar-refractivity contribution in [1.29, 1.82) is 0 Å². The highest BCUT2D eigenvalue weighted by Gasteiger charge is 2.27. The maximum Gasteiger partial charge on any atom is 0.223 e. The second kappa shape index (κ2) is 8.39. The van der Waals surface area contributed by atoms with Gasteiger partial charge in [0.2, 0.25) is 11.9 Å². The van der Waals surface area contributed by atoms with E-state index in [1.165, 1.54) is 0 Å². The zero-order valence-electron chi connectivity index (χ0n) is 15.9. The van der Waals surface area contributed by atoms with E-state index in [0.717, 1.165) is 62.4 Å². The minimum absolute atomic E-state index is 0.121.